The van der Waals surface area contributed by atoms with Crippen molar-refractivity contribution in [3.05, 3.63) is 11.6 Å². The average Bonchev–Trinajstić information content (AvgIpc) is 3.11. The molecule has 0 radical (unpaired) electrons. The summed E-state index contributed by atoms with van der Waals surface area (Å²) in [6.07, 6.45) is 7.82. The van der Waals surface area contributed by atoms with Gasteiger partial charge >= 0.3 is 0 Å². The van der Waals surface area contributed by atoms with Crippen LogP contribution in [0.1, 0.15) is 54.5 Å². The number of unbranched alkanes of at least 4 members (excludes halogenated alkanes) is 2. The van der Waals surface area contributed by atoms with E-state index in [0.29, 0.717) is 12.5 Å². The largest absolute Gasteiger partial charge is 0.349 e. The highest BCUT2D eigenvalue weighted by molar-refractivity contribution is 7.98. The maximum absolute atomic E-state index is 11.7. The second-order valence-corrected chi connectivity index (χ2v) is 5.61. The molecule has 6 heteroatoms. The van der Waals surface area contributed by atoms with Gasteiger partial charge in [-0.2, -0.15) is 11.8 Å². The van der Waals surface area contributed by atoms with E-state index in [-0.39, 0.29) is 11.7 Å². The fraction of sp³-hybridized carbons (Fsp3) is 0.750. The van der Waals surface area contributed by atoms with Crippen LogP contribution in [0, 0.1) is 0 Å². The zero-order valence-electron chi connectivity index (χ0n) is 10.7. The lowest BCUT2D eigenvalue weighted by atomic mass is 10.2. The predicted molar refractivity (Wildman–Crippen MR) is 72.9 cm³/mol. The number of thioether (sulfide) groups is 1. The Morgan fingerprint density at radius 1 is 1.44 bits per heavy atom. The molecule has 0 spiro atoms. The molecule has 100 valence electrons. The highest BCUT2D eigenvalue weighted by atomic mass is 32.2. The fourth-order valence-corrected chi connectivity index (χ4v) is 2.24. The van der Waals surface area contributed by atoms with E-state index in [4.69, 9.17) is 0 Å². The van der Waals surface area contributed by atoms with Crippen LogP contribution in [0.15, 0.2) is 0 Å². The molecule has 1 aromatic rings. The van der Waals surface area contributed by atoms with Gasteiger partial charge in [-0.3, -0.25) is 9.89 Å². The minimum Gasteiger partial charge on any atom is -0.349 e. The molecule has 1 fully saturated rings. The maximum atomic E-state index is 11.7. The summed E-state index contributed by atoms with van der Waals surface area (Å²) >= 11 is 1.86. The summed E-state index contributed by atoms with van der Waals surface area (Å²) in [5.74, 6) is 2.68. The zero-order chi connectivity index (χ0) is 12.8. The molecule has 0 bridgehead atoms. The Hall–Kier alpha value is -1.04. The molecule has 0 saturated heterocycles. The van der Waals surface area contributed by atoms with Crippen LogP contribution in [-0.2, 0) is 0 Å². The minimum atomic E-state index is -0.164. The van der Waals surface area contributed by atoms with Crippen molar-refractivity contribution in [2.75, 3.05) is 18.6 Å². The second kappa shape index (κ2) is 6.78. The first-order valence-electron chi connectivity index (χ1n) is 6.50. The van der Waals surface area contributed by atoms with E-state index in [1.165, 1.54) is 12.2 Å². The minimum absolute atomic E-state index is 0.164. The van der Waals surface area contributed by atoms with Crippen molar-refractivity contribution in [1.29, 1.82) is 0 Å². The third kappa shape index (κ3) is 4.01. The Morgan fingerprint density at radius 2 is 2.28 bits per heavy atom. The number of hydrogen-bond acceptors (Lipinski definition) is 4. The third-order valence-electron chi connectivity index (χ3n) is 2.98. The normalized spacial score (nSPS) is 14.7. The van der Waals surface area contributed by atoms with Crippen molar-refractivity contribution in [3.63, 3.8) is 0 Å². The molecule has 1 aliphatic rings. The van der Waals surface area contributed by atoms with Crippen molar-refractivity contribution < 1.29 is 4.79 Å². The Kier molecular flexibility index (Phi) is 5.04. The van der Waals surface area contributed by atoms with Gasteiger partial charge in [-0.1, -0.05) is 6.42 Å². The molecule has 1 aromatic heterocycles. The quantitative estimate of drug-likeness (QED) is 0.707. The average molecular weight is 268 g/mol. The van der Waals surface area contributed by atoms with Crippen LogP contribution in [0.4, 0.5) is 0 Å². The van der Waals surface area contributed by atoms with Gasteiger partial charge in [0.15, 0.2) is 0 Å². The Labute approximate surface area is 112 Å². The number of carbonyl (C=O) groups is 1. The molecule has 5 nitrogen and oxygen atoms in total. The van der Waals surface area contributed by atoms with E-state index in [1.54, 1.807) is 0 Å². The number of nitrogens with one attached hydrogen (secondary N) is 2. The van der Waals surface area contributed by atoms with Gasteiger partial charge in [-0.15, -0.1) is 5.10 Å². The molecule has 0 atom stereocenters. The van der Waals surface area contributed by atoms with Crippen molar-refractivity contribution in [3.8, 4) is 0 Å². The molecular weight excluding hydrogens is 248 g/mol. The lowest BCUT2D eigenvalue weighted by molar-refractivity contribution is 0.0943. The van der Waals surface area contributed by atoms with E-state index in [2.05, 4.69) is 26.8 Å². The molecule has 2 rings (SSSR count). The van der Waals surface area contributed by atoms with Gasteiger partial charge in [-0.05, 0) is 37.7 Å². The lowest BCUT2D eigenvalue weighted by Gasteiger charge is -2.01. The summed E-state index contributed by atoms with van der Waals surface area (Å²) in [6, 6.07) is 0. The number of hydrogen-bond donors (Lipinski definition) is 2. The van der Waals surface area contributed by atoms with Crippen LogP contribution in [-0.4, -0.2) is 39.6 Å². The van der Waals surface area contributed by atoms with Gasteiger partial charge in [0.05, 0.1) is 0 Å². The SMILES string of the molecule is CSCCCCCNC(=O)c1n[nH]c(C2CC2)n1. The summed E-state index contributed by atoms with van der Waals surface area (Å²) in [6.45, 7) is 0.709. The van der Waals surface area contributed by atoms with Crippen molar-refractivity contribution in [2.45, 2.75) is 38.0 Å². The van der Waals surface area contributed by atoms with Gasteiger partial charge in [0.2, 0.25) is 5.82 Å². The summed E-state index contributed by atoms with van der Waals surface area (Å²) < 4.78 is 0. The van der Waals surface area contributed by atoms with E-state index in [9.17, 15) is 4.79 Å². The molecule has 18 heavy (non-hydrogen) atoms. The first-order valence-corrected chi connectivity index (χ1v) is 7.90. The van der Waals surface area contributed by atoms with E-state index < -0.39 is 0 Å². The molecule has 1 saturated carbocycles. The van der Waals surface area contributed by atoms with Crippen molar-refractivity contribution in [1.82, 2.24) is 20.5 Å². The summed E-state index contributed by atoms with van der Waals surface area (Å²) in [5, 5.41) is 9.65. The van der Waals surface area contributed by atoms with Crippen molar-refractivity contribution >= 4 is 17.7 Å². The van der Waals surface area contributed by atoms with Gasteiger partial charge < -0.3 is 5.32 Å². The molecular formula is C12H20N4OS. The van der Waals surface area contributed by atoms with Crippen LogP contribution < -0.4 is 5.32 Å². The van der Waals surface area contributed by atoms with Gasteiger partial charge in [0.1, 0.15) is 5.82 Å². The number of nitrogens with zero attached hydrogens (tertiary/aromatic N) is 2. The number of aromatic amines is 1. The Morgan fingerprint density at radius 3 is 3.00 bits per heavy atom. The van der Waals surface area contributed by atoms with Crippen LogP contribution in [0.3, 0.4) is 0 Å². The number of amides is 1. The number of H-pyrrole nitrogens is 1. The Bertz CT molecular complexity index is 389. The highest BCUT2D eigenvalue weighted by Gasteiger charge is 2.28. The molecule has 1 heterocycles. The van der Waals surface area contributed by atoms with Crippen LogP contribution >= 0.6 is 11.8 Å². The maximum Gasteiger partial charge on any atom is 0.290 e. The number of carbonyl (C=O) groups excluding carboxylic acids is 1. The summed E-state index contributed by atoms with van der Waals surface area (Å²) in [7, 11) is 0. The molecule has 0 unspecified atom stereocenters. The summed E-state index contributed by atoms with van der Waals surface area (Å²) in [5.41, 5.74) is 0. The van der Waals surface area contributed by atoms with Crippen LogP contribution in [0.25, 0.3) is 0 Å². The monoisotopic (exact) mass is 268 g/mol. The summed E-state index contributed by atoms with van der Waals surface area (Å²) in [4.78, 5) is 15.9. The van der Waals surface area contributed by atoms with Crippen molar-refractivity contribution in [2.24, 2.45) is 0 Å². The molecule has 2 N–H and O–H groups in total. The first kappa shape index (κ1) is 13.4. The zero-order valence-corrected chi connectivity index (χ0v) is 11.6. The third-order valence-corrected chi connectivity index (χ3v) is 3.68. The molecule has 1 aliphatic carbocycles. The predicted octanol–water partition coefficient (Wildman–Crippen LogP) is 1.95. The molecule has 0 aromatic carbocycles. The Balaban J connectivity index is 1.64. The number of aromatic nitrogens is 3. The second-order valence-electron chi connectivity index (χ2n) is 4.63. The highest BCUT2D eigenvalue weighted by Crippen LogP contribution is 2.37. The fourth-order valence-electron chi connectivity index (χ4n) is 1.74. The van der Waals surface area contributed by atoms with Crippen LogP contribution in [0.5, 0.6) is 0 Å². The molecule has 0 aliphatic heterocycles. The van der Waals surface area contributed by atoms with E-state index in [1.807, 2.05) is 11.8 Å². The topological polar surface area (TPSA) is 70.7 Å². The van der Waals surface area contributed by atoms with Gasteiger partial charge in [0.25, 0.3) is 5.91 Å². The smallest absolute Gasteiger partial charge is 0.290 e. The first-order chi connectivity index (χ1) is 8.81. The number of rotatable bonds is 8. The van der Waals surface area contributed by atoms with Gasteiger partial charge in [0, 0.05) is 12.5 Å². The standard InChI is InChI=1S/C12H20N4OS/c1-18-8-4-2-3-7-13-12(17)11-14-10(15-16-11)9-5-6-9/h9H,2-8H2,1H3,(H,13,17)(H,14,15,16). The lowest BCUT2D eigenvalue weighted by Crippen LogP contribution is -2.25. The van der Waals surface area contributed by atoms with E-state index in [0.717, 1.165) is 31.5 Å². The van der Waals surface area contributed by atoms with Gasteiger partial charge in [-0.25, -0.2) is 4.98 Å². The van der Waals surface area contributed by atoms with E-state index >= 15 is 0 Å². The molecule has 1 amide bonds. The van der Waals surface area contributed by atoms with Crippen LogP contribution in [0.2, 0.25) is 0 Å².